The molecule has 0 bridgehead atoms. The van der Waals surface area contributed by atoms with Crippen molar-refractivity contribution in [2.24, 2.45) is 0 Å². The van der Waals surface area contributed by atoms with Crippen LogP contribution in [0.25, 0.3) is 0 Å². The van der Waals surface area contributed by atoms with Crippen molar-refractivity contribution in [2.75, 3.05) is 11.5 Å². The Morgan fingerprint density at radius 1 is 0.640 bits per heavy atom. The highest BCUT2D eigenvalue weighted by atomic mass is 32.2. The van der Waals surface area contributed by atoms with Crippen LogP contribution in [0.15, 0.2) is 24.3 Å². The summed E-state index contributed by atoms with van der Waals surface area (Å²) in [6.45, 7) is 12.0. The van der Waals surface area contributed by atoms with Gasteiger partial charge in [0.25, 0.3) is 0 Å². The Hall–Kier alpha value is -1.87. The molecule has 0 spiro atoms. The van der Waals surface area contributed by atoms with Gasteiger partial charge in [0.1, 0.15) is 0 Å². The highest BCUT2D eigenvalue weighted by Crippen LogP contribution is 2.21. The van der Waals surface area contributed by atoms with Crippen molar-refractivity contribution in [1.82, 2.24) is 0 Å². The first-order valence-corrected chi connectivity index (χ1v) is 9.66. The summed E-state index contributed by atoms with van der Waals surface area (Å²) in [4.78, 5) is 25.1. The fraction of sp³-hybridized carbons (Fsp3) is 0.364. The first kappa shape index (κ1) is 19.5. The Balaban J connectivity index is 2.04. The second-order valence-corrected chi connectivity index (χ2v) is 7.87. The predicted octanol–water partition coefficient (Wildman–Crippen LogP) is 5.34. The monoisotopic (exact) mass is 354 g/mol. The van der Waals surface area contributed by atoms with E-state index in [0.29, 0.717) is 11.5 Å². The third-order valence-corrected chi connectivity index (χ3v) is 5.31. The van der Waals surface area contributed by atoms with E-state index in [0.717, 1.165) is 33.4 Å². The molecule has 0 aliphatic carbocycles. The van der Waals surface area contributed by atoms with Crippen molar-refractivity contribution >= 4 is 23.3 Å². The molecule has 2 aromatic rings. The Morgan fingerprint density at radius 2 is 0.920 bits per heavy atom. The van der Waals surface area contributed by atoms with Crippen LogP contribution in [0.1, 0.15) is 54.1 Å². The summed E-state index contributed by atoms with van der Waals surface area (Å²) in [6.07, 6.45) is 0. The van der Waals surface area contributed by atoms with Gasteiger partial charge in [0.2, 0.25) is 0 Å². The van der Waals surface area contributed by atoms with Gasteiger partial charge in [-0.05, 0) is 63.8 Å². The summed E-state index contributed by atoms with van der Waals surface area (Å²) in [5, 5.41) is 0. The molecule has 0 fully saturated rings. The van der Waals surface area contributed by atoms with Gasteiger partial charge in [-0.25, -0.2) is 0 Å². The molecule has 0 amide bonds. The molecule has 0 saturated heterocycles. The number of rotatable bonds is 6. The van der Waals surface area contributed by atoms with E-state index < -0.39 is 0 Å². The van der Waals surface area contributed by atoms with Gasteiger partial charge in [0.15, 0.2) is 11.6 Å². The molecule has 0 unspecified atom stereocenters. The lowest BCUT2D eigenvalue weighted by atomic mass is 9.97. The molecule has 25 heavy (non-hydrogen) atoms. The van der Waals surface area contributed by atoms with Crippen LogP contribution >= 0.6 is 11.8 Å². The number of carbonyl (C=O) groups excluding carboxylic acids is 2. The number of thioether (sulfide) groups is 1. The molecule has 0 saturated carbocycles. The minimum Gasteiger partial charge on any atom is -0.293 e. The zero-order valence-electron chi connectivity index (χ0n) is 15.9. The van der Waals surface area contributed by atoms with E-state index in [-0.39, 0.29) is 11.6 Å². The normalized spacial score (nSPS) is 10.8. The van der Waals surface area contributed by atoms with Gasteiger partial charge in [-0.2, -0.15) is 0 Å². The average Bonchev–Trinajstić information content (AvgIpc) is 2.44. The fourth-order valence-corrected chi connectivity index (χ4v) is 4.38. The maximum absolute atomic E-state index is 12.6. The summed E-state index contributed by atoms with van der Waals surface area (Å²) in [5.41, 5.74) is 7.99. The second-order valence-electron chi connectivity index (χ2n) is 6.89. The molecule has 0 N–H and O–H groups in total. The summed E-state index contributed by atoms with van der Waals surface area (Å²) in [7, 11) is 0. The molecule has 132 valence electrons. The van der Waals surface area contributed by atoms with Crippen LogP contribution in [0.4, 0.5) is 0 Å². The highest BCUT2D eigenvalue weighted by Gasteiger charge is 2.16. The van der Waals surface area contributed by atoms with E-state index in [2.05, 4.69) is 0 Å². The van der Waals surface area contributed by atoms with Gasteiger partial charge >= 0.3 is 0 Å². The largest absolute Gasteiger partial charge is 0.293 e. The molecule has 0 atom stereocenters. The zero-order chi connectivity index (χ0) is 18.7. The molecule has 0 heterocycles. The van der Waals surface area contributed by atoms with Crippen LogP contribution in [0.2, 0.25) is 0 Å². The number of hydrogen-bond acceptors (Lipinski definition) is 3. The quantitative estimate of drug-likeness (QED) is 0.657. The van der Waals surface area contributed by atoms with Crippen molar-refractivity contribution in [1.29, 1.82) is 0 Å². The van der Waals surface area contributed by atoms with Crippen molar-refractivity contribution in [3.8, 4) is 0 Å². The van der Waals surface area contributed by atoms with Gasteiger partial charge in [0, 0.05) is 11.1 Å². The average molecular weight is 355 g/mol. The van der Waals surface area contributed by atoms with Crippen LogP contribution in [0.3, 0.4) is 0 Å². The van der Waals surface area contributed by atoms with Crippen molar-refractivity contribution in [3.05, 3.63) is 68.8 Å². The third kappa shape index (κ3) is 4.60. The van der Waals surface area contributed by atoms with Crippen LogP contribution < -0.4 is 0 Å². The topological polar surface area (TPSA) is 34.1 Å². The molecule has 2 nitrogen and oxygen atoms in total. The molecular weight excluding hydrogens is 328 g/mol. The van der Waals surface area contributed by atoms with Crippen LogP contribution in [-0.2, 0) is 0 Å². The Labute approximate surface area is 155 Å². The summed E-state index contributed by atoms with van der Waals surface area (Å²) in [5.74, 6) is 0.872. The number of carbonyl (C=O) groups is 2. The second kappa shape index (κ2) is 8.01. The third-order valence-electron chi connectivity index (χ3n) is 4.38. The number of Topliss-reactive ketones (excluding diaryl/α,β-unsaturated/α-hetero) is 2. The Morgan fingerprint density at radius 3 is 1.20 bits per heavy atom. The molecule has 2 aromatic carbocycles. The lowest BCUT2D eigenvalue weighted by molar-refractivity contribution is 0.101. The van der Waals surface area contributed by atoms with Gasteiger partial charge < -0.3 is 0 Å². The highest BCUT2D eigenvalue weighted by molar-refractivity contribution is 8.00. The number of benzene rings is 2. The van der Waals surface area contributed by atoms with E-state index >= 15 is 0 Å². The standard InChI is InChI=1S/C22H26O2S/c1-13-7-15(3)21(16(4)8-13)19(23)11-25-12-20(24)22-17(5)9-14(2)10-18(22)6/h7-10H,11-12H2,1-6H3. The van der Waals surface area contributed by atoms with Gasteiger partial charge in [-0.15, -0.1) is 11.8 Å². The molecule has 0 radical (unpaired) electrons. The SMILES string of the molecule is Cc1cc(C)c(C(=O)CSCC(=O)c2c(C)cc(C)cc2C)c(C)c1. The van der Waals surface area contributed by atoms with Crippen molar-refractivity contribution in [2.45, 2.75) is 41.5 Å². The molecule has 0 aromatic heterocycles. The van der Waals surface area contributed by atoms with Gasteiger partial charge in [0.05, 0.1) is 11.5 Å². The Kier molecular flexibility index (Phi) is 6.23. The predicted molar refractivity (Wildman–Crippen MR) is 107 cm³/mol. The summed E-state index contributed by atoms with van der Waals surface area (Å²) >= 11 is 1.40. The van der Waals surface area contributed by atoms with Crippen LogP contribution in [-0.4, -0.2) is 23.1 Å². The molecule has 2 rings (SSSR count). The minimum absolute atomic E-state index is 0.102. The maximum atomic E-state index is 12.6. The summed E-state index contributed by atoms with van der Waals surface area (Å²) < 4.78 is 0. The molecule has 3 heteroatoms. The van der Waals surface area contributed by atoms with Gasteiger partial charge in [-0.3, -0.25) is 9.59 Å². The van der Waals surface area contributed by atoms with E-state index in [1.165, 1.54) is 22.9 Å². The smallest absolute Gasteiger partial charge is 0.173 e. The summed E-state index contributed by atoms with van der Waals surface area (Å²) in [6, 6.07) is 8.15. The number of ketones is 2. The van der Waals surface area contributed by atoms with E-state index in [9.17, 15) is 9.59 Å². The maximum Gasteiger partial charge on any atom is 0.173 e. The van der Waals surface area contributed by atoms with E-state index in [4.69, 9.17) is 0 Å². The lowest BCUT2D eigenvalue weighted by Crippen LogP contribution is -2.12. The molecule has 0 aliphatic heterocycles. The minimum atomic E-state index is 0.102. The van der Waals surface area contributed by atoms with E-state index in [1.54, 1.807) is 0 Å². The van der Waals surface area contributed by atoms with Gasteiger partial charge in [-0.1, -0.05) is 35.4 Å². The molecular formula is C22H26O2S. The van der Waals surface area contributed by atoms with Crippen LogP contribution in [0.5, 0.6) is 0 Å². The zero-order valence-corrected chi connectivity index (χ0v) is 16.8. The fourth-order valence-electron chi connectivity index (χ4n) is 3.62. The molecule has 0 aliphatic rings. The van der Waals surface area contributed by atoms with Crippen molar-refractivity contribution in [3.63, 3.8) is 0 Å². The van der Waals surface area contributed by atoms with Crippen LogP contribution in [0, 0.1) is 41.5 Å². The first-order chi connectivity index (χ1) is 11.7. The number of aryl methyl sites for hydroxylation is 6. The van der Waals surface area contributed by atoms with Crippen molar-refractivity contribution < 1.29 is 9.59 Å². The lowest BCUT2D eigenvalue weighted by Gasteiger charge is -2.11. The number of hydrogen-bond donors (Lipinski definition) is 0. The van der Waals surface area contributed by atoms with E-state index in [1.807, 2.05) is 65.8 Å². The Bertz CT molecular complexity index is 718. The first-order valence-electron chi connectivity index (χ1n) is 8.50.